The third-order valence-electron chi connectivity index (χ3n) is 8.48. The minimum absolute atomic E-state index is 0.0937. The van der Waals surface area contributed by atoms with Gasteiger partial charge < -0.3 is 14.9 Å². The van der Waals surface area contributed by atoms with Crippen LogP contribution in [-0.4, -0.2) is 15.2 Å². The average Bonchev–Trinajstić information content (AvgIpc) is 3.36. The van der Waals surface area contributed by atoms with Crippen LogP contribution < -0.4 is 0 Å². The topological polar surface area (TPSA) is 62.6 Å². The normalized spacial score (nSPS) is 27.3. The van der Waals surface area contributed by atoms with Crippen molar-refractivity contribution in [3.05, 3.63) is 63.5 Å². The predicted octanol–water partition coefficient (Wildman–Crippen LogP) is 6.89. The van der Waals surface area contributed by atoms with E-state index in [1.54, 1.807) is 0 Å². The summed E-state index contributed by atoms with van der Waals surface area (Å²) in [5.41, 5.74) is 6.53. The van der Waals surface area contributed by atoms with Crippen molar-refractivity contribution < 1.29 is 14.9 Å². The van der Waals surface area contributed by atoms with Crippen molar-refractivity contribution in [3.63, 3.8) is 0 Å². The summed E-state index contributed by atoms with van der Waals surface area (Å²) in [7, 11) is 0. The van der Waals surface area contributed by atoms with Crippen LogP contribution in [0, 0.1) is 5.41 Å². The van der Waals surface area contributed by atoms with Gasteiger partial charge in [-0.1, -0.05) is 85.6 Å². The van der Waals surface area contributed by atoms with Gasteiger partial charge in [0.25, 0.3) is 0 Å². The first-order chi connectivity index (χ1) is 15.9. The molecule has 1 aromatic heterocycles. The highest BCUT2D eigenvalue weighted by atomic mass is 16.5. The van der Waals surface area contributed by atoms with Crippen LogP contribution in [0.2, 0.25) is 0 Å². The van der Waals surface area contributed by atoms with Gasteiger partial charge >= 0.3 is 0 Å². The summed E-state index contributed by atoms with van der Waals surface area (Å²) in [6.07, 6.45) is 3.14. The van der Waals surface area contributed by atoms with Gasteiger partial charge in [0.1, 0.15) is 12.2 Å². The molecule has 4 heteroatoms. The fourth-order valence-electron chi connectivity index (χ4n) is 6.53. The molecule has 0 amide bonds. The third-order valence-corrected chi connectivity index (χ3v) is 8.48. The van der Waals surface area contributed by atoms with E-state index in [0.717, 1.165) is 53.6 Å². The second kappa shape index (κ2) is 7.88. The van der Waals surface area contributed by atoms with Crippen molar-refractivity contribution in [1.29, 1.82) is 0 Å². The van der Waals surface area contributed by atoms with Gasteiger partial charge in [-0.25, -0.2) is 0 Å². The monoisotopic (exact) mass is 463 g/mol. The molecule has 1 aliphatic heterocycles. The molecular weight excluding hydrogens is 422 g/mol. The van der Waals surface area contributed by atoms with Gasteiger partial charge in [0, 0.05) is 16.8 Å². The molecule has 1 spiro atoms. The maximum absolute atomic E-state index is 11.4. The molecular formula is C30H41NO3. The number of ether oxygens (including phenoxy) is 1. The van der Waals surface area contributed by atoms with E-state index in [-0.39, 0.29) is 17.4 Å². The number of aliphatic hydroxyl groups is 2. The van der Waals surface area contributed by atoms with Gasteiger partial charge in [0.05, 0.1) is 17.4 Å². The highest BCUT2D eigenvalue weighted by molar-refractivity contribution is 5.55. The third kappa shape index (κ3) is 3.56. The minimum atomic E-state index is -0.697. The van der Waals surface area contributed by atoms with Crippen molar-refractivity contribution in [2.45, 2.75) is 116 Å². The lowest BCUT2D eigenvalue weighted by Gasteiger charge is -2.41. The van der Waals surface area contributed by atoms with Crippen LogP contribution in [0.15, 0.2) is 24.3 Å². The lowest BCUT2D eigenvalue weighted by Crippen LogP contribution is -2.35. The van der Waals surface area contributed by atoms with Gasteiger partial charge in [-0.15, -0.1) is 0 Å². The number of aromatic nitrogens is 1. The first-order valence-electron chi connectivity index (χ1n) is 13.1. The molecule has 1 unspecified atom stereocenters. The zero-order valence-corrected chi connectivity index (χ0v) is 21.9. The molecule has 5 rings (SSSR count). The molecule has 1 fully saturated rings. The summed E-state index contributed by atoms with van der Waals surface area (Å²) in [5.74, 6) is 0.185. The van der Waals surface area contributed by atoms with Gasteiger partial charge in [-0.3, -0.25) is 4.98 Å². The Kier molecular flexibility index (Phi) is 5.55. The summed E-state index contributed by atoms with van der Waals surface area (Å²) in [4.78, 5) is 5.11. The molecule has 2 heterocycles. The first-order valence-corrected chi connectivity index (χ1v) is 13.1. The van der Waals surface area contributed by atoms with E-state index >= 15 is 0 Å². The smallest absolute Gasteiger partial charge is 0.111 e. The van der Waals surface area contributed by atoms with E-state index in [0.29, 0.717) is 12.1 Å². The standard InChI is InChI=1S/C30H41NO3/c1-17(2)24-22-23(21-20(32)16-29(6,7)27(33)25(21)31-24)30(14-8-9-15-30)34-26(22)18-10-12-19(13-11-18)28(3,4)5/h10-13,17,20,26-27,32-33H,8-9,14-16H2,1-7H3/t20?,26-,27+/m1/s1. The average molecular weight is 464 g/mol. The van der Waals surface area contributed by atoms with Crippen LogP contribution in [0.5, 0.6) is 0 Å². The highest BCUT2D eigenvalue weighted by Crippen LogP contribution is 2.60. The van der Waals surface area contributed by atoms with E-state index in [4.69, 9.17) is 9.72 Å². The second-order valence-corrected chi connectivity index (χ2v) is 12.9. The fourth-order valence-corrected chi connectivity index (χ4v) is 6.53. The van der Waals surface area contributed by atoms with Crippen molar-refractivity contribution >= 4 is 0 Å². The zero-order valence-electron chi connectivity index (χ0n) is 21.9. The fraction of sp³-hybridized carbons (Fsp3) is 0.633. The molecule has 3 atom stereocenters. The Bertz CT molecular complexity index is 1090. The molecule has 0 bridgehead atoms. The lowest BCUT2D eigenvalue weighted by molar-refractivity contribution is -0.0598. The van der Waals surface area contributed by atoms with Crippen LogP contribution in [0.3, 0.4) is 0 Å². The Morgan fingerprint density at radius 1 is 1.00 bits per heavy atom. The van der Waals surface area contributed by atoms with Crippen molar-refractivity contribution in [1.82, 2.24) is 4.98 Å². The predicted molar refractivity (Wildman–Crippen MR) is 135 cm³/mol. The number of pyridine rings is 1. The summed E-state index contributed by atoms with van der Waals surface area (Å²) >= 11 is 0. The highest BCUT2D eigenvalue weighted by Gasteiger charge is 2.54. The van der Waals surface area contributed by atoms with Crippen molar-refractivity contribution in [2.24, 2.45) is 5.41 Å². The summed E-state index contributed by atoms with van der Waals surface area (Å²) < 4.78 is 7.05. The van der Waals surface area contributed by atoms with Gasteiger partial charge in [-0.05, 0) is 52.7 Å². The molecule has 0 saturated heterocycles. The molecule has 3 aliphatic rings. The number of hydrogen-bond donors (Lipinski definition) is 2. The maximum Gasteiger partial charge on any atom is 0.111 e. The van der Waals surface area contributed by atoms with Crippen molar-refractivity contribution in [3.8, 4) is 0 Å². The number of fused-ring (bicyclic) bond motifs is 4. The number of hydrogen-bond acceptors (Lipinski definition) is 4. The summed E-state index contributed by atoms with van der Waals surface area (Å²) in [6, 6.07) is 8.86. The van der Waals surface area contributed by atoms with E-state index in [9.17, 15) is 10.2 Å². The molecule has 34 heavy (non-hydrogen) atoms. The Morgan fingerprint density at radius 3 is 2.18 bits per heavy atom. The Morgan fingerprint density at radius 2 is 1.62 bits per heavy atom. The molecule has 4 nitrogen and oxygen atoms in total. The maximum atomic E-state index is 11.4. The summed E-state index contributed by atoms with van der Waals surface area (Å²) in [6.45, 7) is 15.1. The largest absolute Gasteiger partial charge is 0.388 e. The van der Waals surface area contributed by atoms with Gasteiger partial charge in [-0.2, -0.15) is 0 Å². The number of aliphatic hydroxyl groups excluding tert-OH is 2. The molecule has 1 aromatic carbocycles. The van der Waals surface area contributed by atoms with Gasteiger partial charge in [0.15, 0.2) is 0 Å². The molecule has 2 aromatic rings. The molecule has 1 saturated carbocycles. The molecule has 2 aliphatic carbocycles. The molecule has 184 valence electrons. The molecule has 2 N–H and O–H groups in total. The summed E-state index contributed by atoms with van der Waals surface area (Å²) in [5, 5.41) is 22.8. The number of benzene rings is 1. The minimum Gasteiger partial charge on any atom is -0.388 e. The Balaban J connectivity index is 1.76. The van der Waals surface area contributed by atoms with E-state index < -0.39 is 23.2 Å². The van der Waals surface area contributed by atoms with Crippen LogP contribution in [0.25, 0.3) is 0 Å². The Hall–Kier alpha value is -1.75. The van der Waals surface area contributed by atoms with Crippen LogP contribution in [0.1, 0.15) is 144 Å². The van der Waals surface area contributed by atoms with Crippen LogP contribution >= 0.6 is 0 Å². The van der Waals surface area contributed by atoms with Gasteiger partial charge in [0.2, 0.25) is 0 Å². The van der Waals surface area contributed by atoms with Crippen molar-refractivity contribution in [2.75, 3.05) is 0 Å². The second-order valence-electron chi connectivity index (χ2n) is 12.9. The number of rotatable bonds is 2. The van der Waals surface area contributed by atoms with E-state index in [1.165, 1.54) is 5.56 Å². The van der Waals surface area contributed by atoms with Crippen LogP contribution in [-0.2, 0) is 15.8 Å². The SMILES string of the molecule is CC(C)c1nc2c(c3c1[C@@H](c1ccc(C(C)(C)C)cc1)OC31CCCC1)C(O)CC(C)(C)[C@H]2O. The number of nitrogens with zero attached hydrogens (tertiary/aromatic N) is 1. The Labute approximate surface area is 204 Å². The van der Waals surface area contributed by atoms with E-state index in [2.05, 4.69) is 58.9 Å². The van der Waals surface area contributed by atoms with E-state index in [1.807, 2.05) is 13.8 Å². The van der Waals surface area contributed by atoms with Crippen LogP contribution in [0.4, 0.5) is 0 Å². The molecule has 0 radical (unpaired) electrons. The zero-order chi connectivity index (χ0) is 24.6. The first kappa shape index (κ1) is 24.0. The quantitative estimate of drug-likeness (QED) is 0.509. The lowest BCUT2D eigenvalue weighted by atomic mass is 9.69.